The molecule has 45 heavy (non-hydrogen) atoms. The Balaban J connectivity index is 1.24. The van der Waals surface area contributed by atoms with E-state index in [2.05, 4.69) is 4.98 Å². The third-order valence-electron chi connectivity index (χ3n) is 9.35. The van der Waals surface area contributed by atoms with Gasteiger partial charge in [-0.3, -0.25) is 19.3 Å². The number of rotatable bonds is 7. The monoisotopic (exact) mass is 660 g/mol. The van der Waals surface area contributed by atoms with Crippen molar-refractivity contribution in [2.45, 2.75) is 35.7 Å². The highest BCUT2D eigenvalue weighted by atomic mass is 32.2. The van der Waals surface area contributed by atoms with Crippen LogP contribution in [0.3, 0.4) is 0 Å². The summed E-state index contributed by atoms with van der Waals surface area (Å²) in [7, 11) is 1.48. The fourth-order valence-electron chi connectivity index (χ4n) is 7.80. The maximum Gasteiger partial charge on any atom is 0.416 e. The second-order valence-electron chi connectivity index (χ2n) is 11.5. The molecular weight excluding hydrogens is 633 g/mol. The van der Waals surface area contributed by atoms with Gasteiger partial charge in [0.2, 0.25) is 11.8 Å². The second kappa shape index (κ2) is 10.9. The van der Waals surface area contributed by atoms with Crippen molar-refractivity contribution in [2.24, 2.45) is 29.6 Å². The number of anilines is 1. The van der Waals surface area contributed by atoms with Gasteiger partial charge in [-0.15, -0.1) is 11.8 Å². The number of H-pyrrole nitrogens is 1. The van der Waals surface area contributed by atoms with Crippen molar-refractivity contribution in [2.75, 3.05) is 25.2 Å². The lowest BCUT2D eigenvalue weighted by molar-refractivity contribution is -0.145. The number of hydrogen-bond acceptors (Lipinski definition) is 9. The molecule has 2 saturated carbocycles. The summed E-state index contributed by atoms with van der Waals surface area (Å²) in [6, 6.07) is 9.66. The molecule has 1 N–H and O–H groups in total. The minimum atomic E-state index is -4.62. The molecule has 9 nitrogen and oxygen atoms in total. The predicted octanol–water partition coefficient (Wildman–Crippen LogP) is 5.08. The first-order valence-electron chi connectivity index (χ1n) is 14.4. The van der Waals surface area contributed by atoms with E-state index in [1.165, 1.54) is 31.0 Å². The summed E-state index contributed by atoms with van der Waals surface area (Å²) in [5, 5.41) is 0.608. The summed E-state index contributed by atoms with van der Waals surface area (Å²) in [6.07, 6.45) is -4.00. The van der Waals surface area contributed by atoms with Crippen molar-refractivity contribution in [3.05, 3.63) is 68.1 Å². The lowest BCUT2D eigenvalue weighted by atomic mass is 9.68. The van der Waals surface area contributed by atoms with Crippen LogP contribution < -0.4 is 19.2 Å². The Bertz CT molecular complexity index is 1770. The Kier molecular flexibility index (Phi) is 7.27. The number of thiazole rings is 1. The number of halogens is 3. The topological polar surface area (TPSA) is 115 Å². The maximum atomic E-state index is 13.9. The van der Waals surface area contributed by atoms with Gasteiger partial charge < -0.3 is 19.2 Å². The molecule has 236 valence electrons. The SMILES string of the molecule is CCOC(=O)COc1ccc([C@H]2c3sc(=O)[nH]c3SC3C2[C@H]2C[C@@H]3C3C(=O)N(c4cccc(C(F)(F)F)c4)C(=O)C32)cc1OC. The molecule has 3 aromatic rings. The Morgan fingerprint density at radius 2 is 1.80 bits per heavy atom. The number of benzene rings is 2. The normalized spacial score (nSPS) is 28.1. The van der Waals surface area contributed by atoms with Crippen molar-refractivity contribution in [3.8, 4) is 11.5 Å². The number of aromatic nitrogens is 1. The van der Waals surface area contributed by atoms with E-state index in [1.807, 2.05) is 6.07 Å². The highest BCUT2D eigenvalue weighted by molar-refractivity contribution is 8.00. The van der Waals surface area contributed by atoms with Gasteiger partial charge in [0.1, 0.15) is 0 Å². The van der Waals surface area contributed by atoms with Gasteiger partial charge in [0.05, 0.1) is 41.8 Å². The van der Waals surface area contributed by atoms with Crippen LogP contribution in [0.2, 0.25) is 0 Å². The van der Waals surface area contributed by atoms with Gasteiger partial charge in [0.25, 0.3) is 0 Å². The van der Waals surface area contributed by atoms with E-state index >= 15 is 0 Å². The number of ether oxygens (including phenoxy) is 3. The number of alkyl halides is 3. The first-order valence-corrected chi connectivity index (χ1v) is 16.1. The van der Waals surface area contributed by atoms with Gasteiger partial charge in [0, 0.05) is 16.0 Å². The molecule has 2 amide bonds. The van der Waals surface area contributed by atoms with Crippen LogP contribution in [0.15, 0.2) is 52.3 Å². The number of carbonyl (C=O) groups is 3. The molecule has 0 radical (unpaired) electrons. The maximum absolute atomic E-state index is 13.9. The summed E-state index contributed by atoms with van der Waals surface area (Å²) < 4.78 is 56.6. The zero-order valence-corrected chi connectivity index (χ0v) is 25.6. The van der Waals surface area contributed by atoms with Crippen LogP contribution in [-0.4, -0.2) is 48.3 Å². The summed E-state index contributed by atoms with van der Waals surface area (Å²) in [5.74, 6) is -2.96. The molecule has 14 heteroatoms. The van der Waals surface area contributed by atoms with E-state index in [9.17, 15) is 32.3 Å². The smallest absolute Gasteiger partial charge is 0.416 e. The molecule has 2 bridgehead atoms. The molecule has 3 fully saturated rings. The van der Waals surface area contributed by atoms with Crippen LogP contribution in [0.25, 0.3) is 0 Å². The number of carbonyl (C=O) groups excluding carboxylic acids is 3. The van der Waals surface area contributed by atoms with Crippen LogP contribution in [0, 0.1) is 29.6 Å². The van der Waals surface area contributed by atoms with E-state index in [1.54, 1.807) is 19.1 Å². The van der Waals surface area contributed by atoms with Crippen LogP contribution in [0.4, 0.5) is 18.9 Å². The van der Waals surface area contributed by atoms with Crippen LogP contribution in [0.1, 0.15) is 35.3 Å². The molecule has 7 rings (SSSR count). The lowest BCUT2D eigenvalue weighted by Gasteiger charge is -2.43. The van der Waals surface area contributed by atoms with E-state index in [4.69, 9.17) is 14.2 Å². The summed E-state index contributed by atoms with van der Waals surface area (Å²) in [5.41, 5.74) is -0.188. The highest BCUT2D eigenvalue weighted by Gasteiger charge is 2.69. The Morgan fingerprint density at radius 1 is 1.04 bits per heavy atom. The first-order chi connectivity index (χ1) is 21.5. The summed E-state index contributed by atoms with van der Waals surface area (Å²) in [6.45, 7) is 1.61. The third kappa shape index (κ3) is 4.75. The molecule has 1 aromatic heterocycles. The van der Waals surface area contributed by atoms with E-state index in [0.717, 1.165) is 38.8 Å². The molecule has 2 aromatic carbocycles. The largest absolute Gasteiger partial charge is 0.493 e. The van der Waals surface area contributed by atoms with Gasteiger partial charge >= 0.3 is 17.0 Å². The van der Waals surface area contributed by atoms with E-state index in [-0.39, 0.29) is 52.7 Å². The fourth-order valence-corrected chi connectivity index (χ4v) is 10.7. The predicted molar refractivity (Wildman–Crippen MR) is 158 cm³/mol. The Labute approximate surface area is 263 Å². The molecular formula is C31H27F3N2O7S2. The number of esters is 1. The quantitative estimate of drug-likeness (QED) is 0.276. The number of hydrogen-bond donors (Lipinski definition) is 1. The van der Waals surface area contributed by atoms with Crippen molar-refractivity contribution in [3.63, 3.8) is 0 Å². The standard InChI is InChI=1S/C31H27F3N2O7S2/c1-3-42-20(37)12-43-18-8-7-13(9-19(18)41-2)21-22-16-11-17(25(22)44-27-26(21)45-30(40)35-27)24-23(16)28(38)36(29(24)39)15-6-4-5-14(10-15)31(32,33)34/h4-10,16-17,21-25H,3,11-12H2,1-2H3,(H,35,40)/t16-,17-,21-,22?,23?,24?,25?/m1/s1. The van der Waals surface area contributed by atoms with Crippen molar-refractivity contribution < 1.29 is 41.8 Å². The zero-order chi connectivity index (χ0) is 31.8. The number of methoxy groups -OCH3 is 1. The molecule has 3 heterocycles. The van der Waals surface area contributed by atoms with Crippen molar-refractivity contribution in [1.29, 1.82) is 0 Å². The molecule has 7 atom stereocenters. The first kappa shape index (κ1) is 29.9. The number of thioether (sulfide) groups is 1. The van der Waals surface area contributed by atoms with Gasteiger partial charge in [-0.25, -0.2) is 4.79 Å². The Hall–Kier alpha value is -3.78. The summed E-state index contributed by atoms with van der Waals surface area (Å²) >= 11 is 2.61. The number of aromatic amines is 1. The molecule has 0 spiro atoms. The van der Waals surface area contributed by atoms with Crippen molar-refractivity contribution in [1.82, 2.24) is 4.98 Å². The lowest BCUT2D eigenvalue weighted by Crippen LogP contribution is -2.42. The zero-order valence-electron chi connectivity index (χ0n) is 24.0. The minimum absolute atomic E-state index is 0.0765. The van der Waals surface area contributed by atoms with Crippen LogP contribution in [0.5, 0.6) is 11.5 Å². The number of fused-ring (bicyclic) bond motifs is 9. The molecule has 4 aliphatic rings. The number of nitrogens with one attached hydrogen (secondary N) is 1. The number of imide groups is 1. The molecule has 4 unspecified atom stereocenters. The van der Waals surface area contributed by atoms with Gasteiger partial charge in [-0.2, -0.15) is 13.2 Å². The van der Waals surface area contributed by atoms with Gasteiger partial charge in [-0.1, -0.05) is 23.5 Å². The van der Waals surface area contributed by atoms with E-state index < -0.39 is 41.4 Å². The second-order valence-corrected chi connectivity index (χ2v) is 13.7. The Morgan fingerprint density at radius 3 is 2.51 bits per heavy atom. The number of nitrogens with zero attached hydrogens (tertiary/aromatic N) is 1. The molecule has 2 aliphatic carbocycles. The summed E-state index contributed by atoms with van der Waals surface area (Å²) in [4.78, 5) is 56.6. The van der Waals surface area contributed by atoms with Crippen molar-refractivity contribution >= 4 is 46.6 Å². The molecule has 1 saturated heterocycles. The van der Waals surface area contributed by atoms with Gasteiger partial charge in [-0.05, 0) is 67.0 Å². The van der Waals surface area contributed by atoms with Crippen LogP contribution in [-0.2, 0) is 25.3 Å². The fraction of sp³-hybridized carbons (Fsp3) is 0.419. The third-order valence-corrected chi connectivity index (χ3v) is 11.9. The minimum Gasteiger partial charge on any atom is -0.493 e. The number of amides is 2. The average Bonchev–Trinajstić information content (AvgIpc) is 3.74. The van der Waals surface area contributed by atoms with Gasteiger partial charge in [0.15, 0.2) is 18.1 Å². The molecule has 2 aliphatic heterocycles. The highest BCUT2D eigenvalue weighted by Crippen LogP contribution is 2.69. The van der Waals surface area contributed by atoms with E-state index in [0.29, 0.717) is 22.9 Å². The van der Waals surface area contributed by atoms with Crippen LogP contribution >= 0.6 is 23.1 Å². The average molecular weight is 661 g/mol.